The van der Waals surface area contributed by atoms with E-state index < -0.39 is 27.6 Å². The van der Waals surface area contributed by atoms with E-state index in [1.54, 1.807) is 4.90 Å². The van der Waals surface area contributed by atoms with Gasteiger partial charge < -0.3 is 24.3 Å². The Morgan fingerprint density at radius 1 is 1.33 bits per heavy atom. The van der Waals surface area contributed by atoms with E-state index in [0.29, 0.717) is 38.5 Å². The van der Waals surface area contributed by atoms with E-state index in [4.69, 9.17) is 15.2 Å². The van der Waals surface area contributed by atoms with Crippen molar-refractivity contribution >= 4 is 32.6 Å². The average molecular weight is 530 g/mol. The summed E-state index contributed by atoms with van der Waals surface area (Å²) < 4.78 is 79.1. The van der Waals surface area contributed by atoms with Crippen LogP contribution in [0.5, 0.6) is 5.75 Å². The van der Waals surface area contributed by atoms with Gasteiger partial charge in [-0.15, -0.1) is 0 Å². The summed E-state index contributed by atoms with van der Waals surface area (Å²) in [5.74, 6) is -0.315. The number of hydrogen-bond donors (Lipinski definition) is 1. The fraction of sp³-hybridized carbons (Fsp3) is 0.500. The van der Waals surface area contributed by atoms with Crippen LogP contribution in [0.4, 0.5) is 19.0 Å². The summed E-state index contributed by atoms with van der Waals surface area (Å²) in [6, 6.07) is 2.33. The Balaban J connectivity index is 1.91. The van der Waals surface area contributed by atoms with Crippen LogP contribution >= 0.6 is 0 Å². The number of fused-ring (bicyclic) bond motifs is 1. The molecule has 0 amide bonds. The quantitative estimate of drug-likeness (QED) is 0.341. The molecule has 2 fully saturated rings. The first-order valence-electron chi connectivity index (χ1n) is 11.3. The van der Waals surface area contributed by atoms with Crippen molar-refractivity contribution in [1.82, 2.24) is 9.97 Å². The standard InChI is InChI=1S/C22H26F3N5O5S/c1-14-13-33-11-9-30(14)18-12-17(35-36(31,32)22(23,24)25)15-6-8-27-21(20(15)29-18)16(5-7-26)28-19-4-2-3-10-34-19/h5-8,12,14,19H,2-4,9-11,13,26H2,1H3/b7-5-,28-16-. The van der Waals surface area contributed by atoms with E-state index >= 15 is 0 Å². The summed E-state index contributed by atoms with van der Waals surface area (Å²) in [5.41, 5.74) is 0.619. The lowest BCUT2D eigenvalue weighted by molar-refractivity contribution is -0.0499. The van der Waals surface area contributed by atoms with Crippen molar-refractivity contribution in [2.75, 3.05) is 31.3 Å². The molecule has 0 aliphatic carbocycles. The number of aliphatic imine (C=N–C) groups is 1. The molecule has 0 bridgehead atoms. The van der Waals surface area contributed by atoms with Crippen LogP contribution in [0.2, 0.25) is 0 Å². The topological polar surface area (TPSA) is 129 Å². The summed E-state index contributed by atoms with van der Waals surface area (Å²) in [4.78, 5) is 15.4. The highest BCUT2D eigenvalue weighted by Gasteiger charge is 2.49. The van der Waals surface area contributed by atoms with Crippen LogP contribution in [0.3, 0.4) is 0 Å². The van der Waals surface area contributed by atoms with Gasteiger partial charge in [-0.2, -0.15) is 21.6 Å². The normalized spacial score (nSPS) is 22.3. The Kier molecular flexibility index (Phi) is 7.66. The van der Waals surface area contributed by atoms with Gasteiger partial charge in [-0.3, -0.25) is 9.98 Å². The number of hydrogen-bond acceptors (Lipinski definition) is 10. The first-order chi connectivity index (χ1) is 17.1. The SMILES string of the molecule is CC1COCCN1c1cc(OS(=O)(=O)C(F)(F)F)c2ccnc(C(/C=C\N)=N\C3CCCCO3)c2n1. The van der Waals surface area contributed by atoms with Crippen LogP contribution in [-0.4, -0.2) is 68.2 Å². The smallest absolute Gasteiger partial charge is 0.405 e. The zero-order chi connectivity index (χ0) is 25.9. The maximum Gasteiger partial charge on any atom is 0.534 e. The second-order valence-corrected chi connectivity index (χ2v) is 9.87. The number of halogens is 3. The summed E-state index contributed by atoms with van der Waals surface area (Å²) in [5, 5.41) is 0.0140. The minimum atomic E-state index is -5.94. The number of nitrogens with two attached hydrogens (primary N) is 1. The third-order valence-electron chi connectivity index (χ3n) is 5.76. The maximum atomic E-state index is 13.2. The molecule has 0 aromatic carbocycles. The van der Waals surface area contributed by atoms with Crippen molar-refractivity contribution in [2.24, 2.45) is 10.7 Å². The Labute approximate surface area is 206 Å². The predicted molar refractivity (Wildman–Crippen MR) is 126 cm³/mol. The van der Waals surface area contributed by atoms with E-state index in [-0.39, 0.29) is 28.5 Å². The van der Waals surface area contributed by atoms with E-state index in [9.17, 15) is 21.6 Å². The third kappa shape index (κ3) is 5.55. The zero-order valence-electron chi connectivity index (χ0n) is 19.4. The van der Waals surface area contributed by atoms with Gasteiger partial charge in [0.15, 0.2) is 5.75 Å². The van der Waals surface area contributed by atoms with Crippen LogP contribution in [0.1, 0.15) is 31.9 Å². The number of morpholine rings is 1. The summed E-state index contributed by atoms with van der Waals surface area (Å²) in [6.07, 6.45) is 6.10. The molecular formula is C22H26F3N5O5S. The van der Waals surface area contributed by atoms with Crippen LogP contribution in [0.25, 0.3) is 10.9 Å². The van der Waals surface area contributed by atoms with E-state index in [2.05, 4.69) is 19.1 Å². The van der Waals surface area contributed by atoms with Crippen molar-refractivity contribution < 1.29 is 35.2 Å². The highest BCUT2D eigenvalue weighted by Crippen LogP contribution is 2.35. The molecule has 2 atom stereocenters. The van der Waals surface area contributed by atoms with Gasteiger partial charge in [-0.25, -0.2) is 4.98 Å². The van der Waals surface area contributed by atoms with Gasteiger partial charge >= 0.3 is 15.6 Å². The van der Waals surface area contributed by atoms with Crippen LogP contribution in [0, 0.1) is 0 Å². The van der Waals surface area contributed by atoms with Crippen molar-refractivity contribution in [3.8, 4) is 5.75 Å². The second-order valence-electron chi connectivity index (χ2n) is 8.33. The molecule has 36 heavy (non-hydrogen) atoms. The summed E-state index contributed by atoms with van der Waals surface area (Å²) in [6.45, 7) is 3.51. The number of pyridine rings is 2. The first-order valence-corrected chi connectivity index (χ1v) is 12.7. The number of rotatable bonds is 6. The summed E-state index contributed by atoms with van der Waals surface area (Å²) >= 11 is 0. The molecule has 0 spiro atoms. The van der Waals surface area contributed by atoms with Crippen molar-refractivity contribution in [2.45, 2.75) is 44.0 Å². The molecule has 2 aromatic heterocycles. The average Bonchev–Trinajstić information content (AvgIpc) is 2.83. The molecule has 10 nitrogen and oxygen atoms in total. The highest BCUT2D eigenvalue weighted by atomic mass is 32.2. The lowest BCUT2D eigenvalue weighted by Gasteiger charge is -2.34. The monoisotopic (exact) mass is 529 g/mol. The van der Waals surface area contributed by atoms with Gasteiger partial charge in [-0.05, 0) is 44.5 Å². The minimum absolute atomic E-state index is 0.0140. The summed E-state index contributed by atoms with van der Waals surface area (Å²) in [7, 11) is -5.94. The maximum absolute atomic E-state index is 13.2. The number of anilines is 1. The fourth-order valence-electron chi connectivity index (χ4n) is 4.00. The molecule has 196 valence electrons. The largest absolute Gasteiger partial charge is 0.534 e. The van der Waals surface area contributed by atoms with E-state index in [1.807, 2.05) is 6.92 Å². The Morgan fingerprint density at radius 2 is 2.14 bits per heavy atom. The van der Waals surface area contributed by atoms with Crippen LogP contribution in [-0.2, 0) is 19.6 Å². The van der Waals surface area contributed by atoms with Crippen molar-refractivity contribution in [3.63, 3.8) is 0 Å². The molecule has 4 heterocycles. The number of ether oxygens (including phenoxy) is 2. The molecule has 2 aliphatic rings. The molecule has 2 saturated heterocycles. The van der Waals surface area contributed by atoms with Crippen molar-refractivity contribution in [1.29, 1.82) is 0 Å². The molecule has 14 heteroatoms. The fourth-order valence-corrected chi connectivity index (χ4v) is 4.47. The first kappa shape index (κ1) is 26.1. The number of allylic oxidation sites excluding steroid dienone is 1. The van der Waals surface area contributed by atoms with E-state index in [1.165, 1.54) is 30.6 Å². The van der Waals surface area contributed by atoms with Crippen LogP contribution in [0.15, 0.2) is 35.6 Å². The Bertz CT molecular complexity index is 1260. The van der Waals surface area contributed by atoms with Crippen molar-refractivity contribution in [3.05, 3.63) is 36.3 Å². The molecule has 2 N–H and O–H groups in total. The van der Waals surface area contributed by atoms with Gasteiger partial charge in [0.1, 0.15) is 23.3 Å². The van der Waals surface area contributed by atoms with Gasteiger partial charge in [0, 0.05) is 30.8 Å². The molecule has 0 saturated carbocycles. The van der Waals surface area contributed by atoms with Gasteiger partial charge in [0.2, 0.25) is 0 Å². The zero-order valence-corrected chi connectivity index (χ0v) is 20.3. The van der Waals surface area contributed by atoms with E-state index in [0.717, 1.165) is 12.8 Å². The molecule has 4 rings (SSSR count). The molecule has 0 radical (unpaired) electrons. The van der Waals surface area contributed by atoms with Gasteiger partial charge in [0.25, 0.3) is 0 Å². The van der Waals surface area contributed by atoms with Gasteiger partial charge in [0.05, 0.1) is 25.0 Å². The number of alkyl halides is 3. The second kappa shape index (κ2) is 10.6. The Morgan fingerprint density at radius 3 is 2.81 bits per heavy atom. The highest BCUT2D eigenvalue weighted by molar-refractivity contribution is 7.88. The molecule has 2 aliphatic heterocycles. The molecular weight excluding hydrogens is 503 g/mol. The number of aromatic nitrogens is 2. The van der Waals surface area contributed by atoms with Crippen LogP contribution < -0.4 is 14.8 Å². The molecule has 2 unspecified atom stereocenters. The third-order valence-corrected chi connectivity index (χ3v) is 6.72. The lowest BCUT2D eigenvalue weighted by Crippen LogP contribution is -2.44. The predicted octanol–water partition coefficient (Wildman–Crippen LogP) is 2.87. The lowest BCUT2D eigenvalue weighted by atomic mass is 10.1. The van der Waals surface area contributed by atoms with Gasteiger partial charge in [-0.1, -0.05) is 0 Å². The molecule has 2 aromatic rings. The Hall–Kier alpha value is -2.97. The number of nitrogens with zero attached hydrogens (tertiary/aromatic N) is 4. The minimum Gasteiger partial charge on any atom is -0.405 e.